The summed E-state index contributed by atoms with van der Waals surface area (Å²) in [4.78, 5) is 11.6. The molecule has 0 spiro atoms. The summed E-state index contributed by atoms with van der Waals surface area (Å²) in [7, 11) is 0. The lowest BCUT2D eigenvalue weighted by atomic mass is 10.1. The summed E-state index contributed by atoms with van der Waals surface area (Å²) in [5, 5.41) is 3.62. The van der Waals surface area contributed by atoms with Gasteiger partial charge in [0.25, 0.3) is 0 Å². The normalized spacial score (nSPS) is 20.4. The van der Waals surface area contributed by atoms with Crippen LogP contribution >= 0.6 is 0 Å². The van der Waals surface area contributed by atoms with Crippen LogP contribution in [0.25, 0.3) is 11.0 Å². The molecule has 1 atom stereocenters. The smallest absolute Gasteiger partial charge is 0.0890 e. The van der Waals surface area contributed by atoms with Crippen LogP contribution in [-0.2, 0) is 6.54 Å². The number of benzene rings is 1. The van der Waals surface area contributed by atoms with Crippen LogP contribution in [0.4, 0.5) is 0 Å². The van der Waals surface area contributed by atoms with E-state index in [0.29, 0.717) is 6.04 Å². The van der Waals surface area contributed by atoms with Gasteiger partial charge < -0.3 is 10.2 Å². The highest BCUT2D eigenvalue weighted by atomic mass is 15.2. The Morgan fingerprint density at radius 1 is 1.30 bits per heavy atom. The molecular weight excluding hydrogens is 248 g/mol. The van der Waals surface area contributed by atoms with E-state index >= 15 is 0 Å². The molecule has 1 unspecified atom stereocenters. The monoisotopic (exact) mass is 270 g/mol. The van der Waals surface area contributed by atoms with Gasteiger partial charge >= 0.3 is 0 Å². The standard InChI is InChI=1S/C16H22N4/c1-2-20-9-5-6-13(12-20)17-10-14-11-18-15-7-3-4-8-16(15)19-14/h3-4,7-8,11,13,17H,2,5-6,9-10,12H2,1H3. The molecule has 2 heterocycles. The van der Waals surface area contributed by atoms with Crippen molar-refractivity contribution in [1.29, 1.82) is 0 Å². The van der Waals surface area contributed by atoms with Gasteiger partial charge in [0.15, 0.2) is 0 Å². The molecule has 0 saturated carbocycles. The van der Waals surface area contributed by atoms with Gasteiger partial charge in [-0.25, -0.2) is 4.98 Å². The van der Waals surface area contributed by atoms with E-state index in [1.807, 2.05) is 30.5 Å². The Morgan fingerprint density at radius 3 is 3.00 bits per heavy atom. The Bertz CT molecular complexity index is 569. The molecule has 1 aliphatic heterocycles. The molecule has 1 aromatic carbocycles. The second-order valence-corrected chi connectivity index (χ2v) is 5.46. The van der Waals surface area contributed by atoms with E-state index in [9.17, 15) is 0 Å². The molecule has 0 radical (unpaired) electrons. The van der Waals surface area contributed by atoms with E-state index in [4.69, 9.17) is 0 Å². The van der Waals surface area contributed by atoms with Crippen LogP contribution in [0, 0.1) is 0 Å². The lowest BCUT2D eigenvalue weighted by molar-refractivity contribution is 0.198. The molecule has 1 saturated heterocycles. The van der Waals surface area contributed by atoms with Gasteiger partial charge in [-0.1, -0.05) is 19.1 Å². The minimum absolute atomic E-state index is 0.581. The molecule has 4 heteroatoms. The highest BCUT2D eigenvalue weighted by Gasteiger charge is 2.18. The third-order valence-electron chi connectivity index (χ3n) is 4.02. The van der Waals surface area contributed by atoms with Gasteiger partial charge in [-0.2, -0.15) is 0 Å². The lowest BCUT2D eigenvalue weighted by Gasteiger charge is -2.32. The average Bonchev–Trinajstić information content (AvgIpc) is 2.53. The van der Waals surface area contributed by atoms with Crippen LogP contribution in [0.5, 0.6) is 0 Å². The van der Waals surface area contributed by atoms with Gasteiger partial charge in [0, 0.05) is 19.1 Å². The highest BCUT2D eigenvalue weighted by Crippen LogP contribution is 2.11. The summed E-state index contributed by atoms with van der Waals surface area (Å²) in [6, 6.07) is 8.60. The summed E-state index contributed by atoms with van der Waals surface area (Å²) in [6.07, 6.45) is 4.43. The molecular formula is C16H22N4. The Hall–Kier alpha value is -1.52. The number of rotatable bonds is 4. The number of nitrogens with zero attached hydrogens (tertiary/aromatic N) is 3. The topological polar surface area (TPSA) is 41.0 Å². The van der Waals surface area contributed by atoms with E-state index in [0.717, 1.165) is 36.4 Å². The number of para-hydroxylation sites is 2. The van der Waals surface area contributed by atoms with E-state index in [1.54, 1.807) is 0 Å². The molecule has 106 valence electrons. The second-order valence-electron chi connectivity index (χ2n) is 5.46. The summed E-state index contributed by atoms with van der Waals surface area (Å²) >= 11 is 0. The van der Waals surface area contributed by atoms with Crippen molar-refractivity contribution in [3.8, 4) is 0 Å². The van der Waals surface area contributed by atoms with Crippen molar-refractivity contribution in [1.82, 2.24) is 20.2 Å². The zero-order chi connectivity index (χ0) is 13.8. The van der Waals surface area contributed by atoms with Gasteiger partial charge in [-0.3, -0.25) is 4.98 Å². The Balaban J connectivity index is 1.61. The Morgan fingerprint density at radius 2 is 2.15 bits per heavy atom. The van der Waals surface area contributed by atoms with Gasteiger partial charge in [0.1, 0.15) is 0 Å². The highest BCUT2D eigenvalue weighted by molar-refractivity contribution is 5.73. The minimum atomic E-state index is 0.581. The Labute approximate surface area is 120 Å². The molecule has 1 fully saturated rings. The summed E-state index contributed by atoms with van der Waals surface area (Å²) in [5.74, 6) is 0. The molecule has 3 rings (SSSR count). The number of aromatic nitrogens is 2. The van der Waals surface area contributed by atoms with Crippen LogP contribution in [0.1, 0.15) is 25.5 Å². The maximum atomic E-state index is 4.66. The van der Waals surface area contributed by atoms with E-state index in [2.05, 4.69) is 27.1 Å². The lowest BCUT2D eigenvalue weighted by Crippen LogP contribution is -2.45. The fraction of sp³-hybridized carbons (Fsp3) is 0.500. The maximum Gasteiger partial charge on any atom is 0.0890 e. The first-order valence-corrected chi connectivity index (χ1v) is 7.51. The van der Waals surface area contributed by atoms with Crippen molar-refractivity contribution in [3.05, 3.63) is 36.2 Å². The largest absolute Gasteiger partial charge is 0.307 e. The number of fused-ring (bicyclic) bond motifs is 1. The van der Waals surface area contributed by atoms with Crippen LogP contribution in [0.2, 0.25) is 0 Å². The van der Waals surface area contributed by atoms with Gasteiger partial charge in [-0.15, -0.1) is 0 Å². The van der Waals surface area contributed by atoms with Crippen molar-refractivity contribution in [2.45, 2.75) is 32.4 Å². The summed E-state index contributed by atoms with van der Waals surface area (Å²) < 4.78 is 0. The molecule has 20 heavy (non-hydrogen) atoms. The minimum Gasteiger partial charge on any atom is -0.307 e. The number of piperidine rings is 1. The Kier molecular flexibility index (Phi) is 4.23. The predicted molar refractivity (Wildman–Crippen MR) is 81.5 cm³/mol. The van der Waals surface area contributed by atoms with Crippen molar-refractivity contribution in [2.24, 2.45) is 0 Å². The third kappa shape index (κ3) is 3.14. The molecule has 1 N–H and O–H groups in total. The van der Waals surface area contributed by atoms with Crippen LogP contribution < -0.4 is 5.32 Å². The number of likely N-dealkylation sites (tertiary alicyclic amines) is 1. The second kappa shape index (κ2) is 6.29. The van der Waals surface area contributed by atoms with Gasteiger partial charge in [0.2, 0.25) is 0 Å². The van der Waals surface area contributed by atoms with Crippen molar-refractivity contribution >= 4 is 11.0 Å². The summed E-state index contributed by atoms with van der Waals surface area (Å²) in [6.45, 7) is 6.58. The molecule has 0 aliphatic carbocycles. The molecule has 0 amide bonds. The first kappa shape index (κ1) is 13.5. The molecule has 0 bridgehead atoms. The molecule has 1 aliphatic rings. The summed E-state index contributed by atoms with van der Waals surface area (Å²) in [5.41, 5.74) is 2.97. The SMILES string of the molecule is CCN1CCCC(NCc2cnc3ccccc3n2)C1. The first-order valence-electron chi connectivity index (χ1n) is 7.51. The van der Waals surface area contributed by atoms with Crippen LogP contribution in [0.15, 0.2) is 30.5 Å². The number of likely N-dealkylation sites (N-methyl/N-ethyl adjacent to an activating group) is 1. The number of hydrogen-bond donors (Lipinski definition) is 1. The fourth-order valence-corrected chi connectivity index (χ4v) is 2.84. The zero-order valence-electron chi connectivity index (χ0n) is 12.0. The maximum absolute atomic E-state index is 4.66. The predicted octanol–water partition coefficient (Wildman–Crippen LogP) is 2.20. The van der Waals surface area contributed by atoms with Crippen molar-refractivity contribution in [3.63, 3.8) is 0 Å². The van der Waals surface area contributed by atoms with E-state index < -0.39 is 0 Å². The molecule has 1 aromatic heterocycles. The van der Waals surface area contributed by atoms with Gasteiger partial charge in [-0.05, 0) is 38.1 Å². The average molecular weight is 270 g/mol. The zero-order valence-corrected chi connectivity index (χ0v) is 12.0. The quantitative estimate of drug-likeness (QED) is 0.925. The third-order valence-corrected chi connectivity index (χ3v) is 4.02. The number of hydrogen-bond acceptors (Lipinski definition) is 4. The fourth-order valence-electron chi connectivity index (χ4n) is 2.84. The van der Waals surface area contributed by atoms with Crippen LogP contribution in [-0.4, -0.2) is 40.5 Å². The first-order chi connectivity index (χ1) is 9.85. The number of nitrogens with one attached hydrogen (secondary N) is 1. The van der Waals surface area contributed by atoms with E-state index in [-0.39, 0.29) is 0 Å². The van der Waals surface area contributed by atoms with Crippen LogP contribution in [0.3, 0.4) is 0 Å². The van der Waals surface area contributed by atoms with Gasteiger partial charge in [0.05, 0.1) is 22.9 Å². The molecule has 2 aromatic rings. The van der Waals surface area contributed by atoms with E-state index in [1.165, 1.54) is 19.4 Å². The molecule has 4 nitrogen and oxygen atoms in total. The van der Waals surface area contributed by atoms with Crippen molar-refractivity contribution < 1.29 is 0 Å². The van der Waals surface area contributed by atoms with Crippen molar-refractivity contribution in [2.75, 3.05) is 19.6 Å².